The highest BCUT2D eigenvalue weighted by molar-refractivity contribution is 9.10. The Morgan fingerprint density at radius 3 is 2.69 bits per heavy atom. The number of hydrogen-bond acceptors (Lipinski definition) is 2. The van der Waals surface area contributed by atoms with E-state index in [-0.39, 0.29) is 0 Å². The van der Waals surface area contributed by atoms with E-state index >= 15 is 0 Å². The highest BCUT2D eigenvalue weighted by atomic mass is 79.9. The quantitative estimate of drug-likeness (QED) is 0.786. The molecule has 1 saturated heterocycles. The molecule has 3 heteroatoms. The van der Waals surface area contributed by atoms with Crippen molar-refractivity contribution < 1.29 is 0 Å². The van der Waals surface area contributed by atoms with Crippen molar-refractivity contribution in [3.63, 3.8) is 0 Å². The molecule has 84 valence electrons. The molecule has 0 saturated carbocycles. The predicted octanol–water partition coefficient (Wildman–Crippen LogP) is 3.56. The summed E-state index contributed by atoms with van der Waals surface area (Å²) in [5.41, 5.74) is 1.85. The van der Waals surface area contributed by atoms with E-state index in [0.29, 0.717) is 0 Å². The van der Waals surface area contributed by atoms with Crippen LogP contribution >= 0.6 is 15.9 Å². The molecule has 0 amide bonds. The van der Waals surface area contributed by atoms with Gasteiger partial charge in [-0.3, -0.25) is 0 Å². The van der Waals surface area contributed by atoms with Gasteiger partial charge in [-0.1, -0.05) is 22.9 Å². The second-order valence-electron chi connectivity index (χ2n) is 4.44. The van der Waals surface area contributed by atoms with Crippen LogP contribution in [0.15, 0.2) is 22.7 Å². The van der Waals surface area contributed by atoms with Crippen LogP contribution in [0.5, 0.6) is 0 Å². The highest BCUT2D eigenvalue weighted by Gasteiger charge is 2.18. The summed E-state index contributed by atoms with van der Waals surface area (Å²) in [6, 6.07) is 8.13. The summed E-state index contributed by atoms with van der Waals surface area (Å²) in [7, 11) is 0. The van der Waals surface area contributed by atoms with Crippen molar-refractivity contribution in [2.75, 3.05) is 18.0 Å². The molecular formula is C13H15BrN2. The van der Waals surface area contributed by atoms with E-state index in [4.69, 9.17) is 5.26 Å². The van der Waals surface area contributed by atoms with Crippen LogP contribution in [0, 0.1) is 17.2 Å². The molecule has 1 heterocycles. The fourth-order valence-corrected chi connectivity index (χ4v) is 2.46. The van der Waals surface area contributed by atoms with Crippen molar-refractivity contribution >= 4 is 21.6 Å². The molecule has 0 bridgehead atoms. The monoisotopic (exact) mass is 278 g/mol. The SMILES string of the molecule is CC1CCN(c2cc(Br)ccc2C#N)CC1. The zero-order valence-electron chi connectivity index (χ0n) is 9.41. The number of hydrogen-bond donors (Lipinski definition) is 0. The van der Waals surface area contributed by atoms with Crippen molar-refractivity contribution in [2.24, 2.45) is 5.92 Å². The molecule has 0 spiro atoms. The molecule has 2 nitrogen and oxygen atoms in total. The summed E-state index contributed by atoms with van der Waals surface area (Å²) in [4.78, 5) is 2.32. The fourth-order valence-electron chi connectivity index (χ4n) is 2.11. The normalized spacial score (nSPS) is 17.2. The number of anilines is 1. The molecule has 1 aliphatic rings. The summed E-state index contributed by atoms with van der Waals surface area (Å²) in [5.74, 6) is 0.814. The average Bonchev–Trinajstić information content (AvgIpc) is 2.30. The lowest BCUT2D eigenvalue weighted by atomic mass is 9.98. The Hall–Kier alpha value is -1.01. The first-order chi connectivity index (χ1) is 7.70. The van der Waals surface area contributed by atoms with E-state index in [1.165, 1.54) is 12.8 Å². The van der Waals surface area contributed by atoms with Crippen LogP contribution in [-0.2, 0) is 0 Å². The summed E-state index contributed by atoms with van der Waals surface area (Å²) in [6.45, 7) is 4.42. The Bertz CT molecular complexity index is 414. The summed E-state index contributed by atoms with van der Waals surface area (Å²) < 4.78 is 1.04. The average molecular weight is 279 g/mol. The minimum Gasteiger partial charge on any atom is -0.370 e. The highest BCUT2D eigenvalue weighted by Crippen LogP contribution is 2.28. The lowest BCUT2D eigenvalue weighted by Crippen LogP contribution is -2.33. The van der Waals surface area contributed by atoms with Crippen LogP contribution in [0.2, 0.25) is 0 Å². The molecule has 2 rings (SSSR count). The second-order valence-corrected chi connectivity index (χ2v) is 5.36. The number of nitrogens with zero attached hydrogens (tertiary/aromatic N) is 2. The van der Waals surface area contributed by atoms with Crippen molar-refractivity contribution in [1.82, 2.24) is 0 Å². The van der Waals surface area contributed by atoms with Gasteiger partial charge >= 0.3 is 0 Å². The van der Waals surface area contributed by atoms with Crippen LogP contribution in [-0.4, -0.2) is 13.1 Å². The molecule has 1 aliphatic heterocycles. The van der Waals surface area contributed by atoms with Gasteiger partial charge < -0.3 is 4.90 Å². The maximum Gasteiger partial charge on any atom is 0.101 e. The number of nitriles is 1. The summed E-state index contributed by atoms with van der Waals surface area (Å²) in [6.07, 6.45) is 2.44. The topological polar surface area (TPSA) is 27.0 Å². The Morgan fingerprint density at radius 2 is 2.06 bits per heavy atom. The zero-order valence-corrected chi connectivity index (χ0v) is 11.0. The first kappa shape index (κ1) is 11.5. The van der Waals surface area contributed by atoms with E-state index in [1.807, 2.05) is 12.1 Å². The van der Waals surface area contributed by atoms with E-state index in [9.17, 15) is 0 Å². The molecule has 16 heavy (non-hydrogen) atoms. The molecule has 0 aromatic heterocycles. The van der Waals surface area contributed by atoms with Crippen LogP contribution < -0.4 is 4.90 Å². The van der Waals surface area contributed by atoms with Gasteiger partial charge in [0.2, 0.25) is 0 Å². The van der Waals surface area contributed by atoms with Gasteiger partial charge in [-0.05, 0) is 37.0 Å². The maximum atomic E-state index is 9.10. The van der Waals surface area contributed by atoms with Crippen LogP contribution in [0.4, 0.5) is 5.69 Å². The van der Waals surface area contributed by atoms with E-state index in [1.54, 1.807) is 0 Å². The van der Waals surface area contributed by atoms with Crippen molar-refractivity contribution in [3.05, 3.63) is 28.2 Å². The smallest absolute Gasteiger partial charge is 0.101 e. The predicted molar refractivity (Wildman–Crippen MR) is 69.5 cm³/mol. The van der Waals surface area contributed by atoms with Gasteiger partial charge in [-0.25, -0.2) is 0 Å². The molecule has 0 N–H and O–H groups in total. The third-order valence-electron chi connectivity index (χ3n) is 3.20. The van der Waals surface area contributed by atoms with Crippen molar-refractivity contribution in [1.29, 1.82) is 5.26 Å². The molecule has 0 aliphatic carbocycles. The second kappa shape index (κ2) is 4.88. The maximum absolute atomic E-state index is 9.10. The number of rotatable bonds is 1. The van der Waals surface area contributed by atoms with E-state index < -0.39 is 0 Å². The third kappa shape index (κ3) is 2.38. The van der Waals surface area contributed by atoms with Gasteiger partial charge in [0.05, 0.1) is 11.3 Å². The van der Waals surface area contributed by atoms with E-state index in [2.05, 4.69) is 39.9 Å². The Morgan fingerprint density at radius 1 is 1.38 bits per heavy atom. The molecule has 0 atom stereocenters. The van der Waals surface area contributed by atoms with Gasteiger partial charge in [0, 0.05) is 17.6 Å². The fraction of sp³-hybridized carbons (Fsp3) is 0.462. The third-order valence-corrected chi connectivity index (χ3v) is 3.70. The Labute approximate surface area is 105 Å². The van der Waals surface area contributed by atoms with Crippen LogP contribution in [0.25, 0.3) is 0 Å². The molecule has 0 radical (unpaired) electrons. The number of halogens is 1. The Kier molecular flexibility index (Phi) is 3.50. The first-order valence-electron chi connectivity index (χ1n) is 5.65. The van der Waals surface area contributed by atoms with E-state index in [0.717, 1.165) is 34.7 Å². The lowest BCUT2D eigenvalue weighted by molar-refractivity contribution is 0.438. The standard InChI is InChI=1S/C13H15BrN2/c1-10-4-6-16(7-5-10)13-8-12(14)3-2-11(13)9-15/h2-3,8,10H,4-7H2,1H3. The number of benzene rings is 1. The molecule has 0 unspecified atom stereocenters. The molecule has 1 aromatic rings. The van der Waals surface area contributed by atoms with Crippen molar-refractivity contribution in [3.8, 4) is 6.07 Å². The van der Waals surface area contributed by atoms with Crippen molar-refractivity contribution in [2.45, 2.75) is 19.8 Å². The van der Waals surface area contributed by atoms with Gasteiger partial charge in [0.25, 0.3) is 0 Å². The lowest BCUT2D eigenvalue weighted by Gasteiger charge is -2.32. The summed E-state index contributed by atoms with van der Waals surface area (Å²) in [5, 5.41) is 9.10. The first-order valence-corrected chi connectivity index (χ1v) is 6.44. The van der Waals surface area contributed by atoms with Gasteiger partial charge in [-0.15, -0.1) is 0 Å². The van der Waals surface area contributed by atoms with Crippen LogP contribution in [0.3, 0.4) is 0 Å². The van der Waals surface area contributed by atoms with Crippen LogP contribution in [0.1, 0.15) is 25.3 Å². The molecular weight excluding hydrogens is 264 g/mol. The van der Waals surface area contributed by atoms with Gasteiger partial charge in [0.15, 0.2) is 0 Å². The minimum atomic E-state index is 0.776. The largest absolute Gasteiger partial charge is 0.370 e. The molecule has 1 aromatic carbocycles. The minimum absolute atomic E-state index is 0.776. The number of piperidine rings is 1. The summed E-state index contributed by atoms with van der Waals surface area (Å²) >= 11 is 3.47. The van der Waals surface area contributed by atoms with Gasteiger partial charge in [-0.2, -0.15) is 5.26 Å². The molecule has 1 fully saturated rings. The zero-order chi connectivity index (χ0) is 11.5. The van der Waals surface area contributed by atoms with Gasteiger partial charge in [0.1, 0.15) is 6.07 Å². The Balaban J connectivity index is 2.26.